The van der Waals surface area contributed by atoms with Crippen LogP contribution >= 0.6 is 23.1 Å². The second kappa shape index (κ2) is 10.4. The normalized spacial score (nSPS) is 14.4. The summed E-state index contributed by atoms with van der Waals surface area (Å²) >= 11 is 3.43. The van der Waals surface area contributed by atoms with Crippen molar-refractivity contribution in [2.75, 3.05) is 19.0 Å². The predicted octanol–water partition coefficient (Wildman–Crippen LogP) is 5.84. The van der Waals surface area contributed by atoms with E-state index in [1.54, 1.807) is 23.1 Å². The van der Waals surface area contributed by atoms with Gasteiger partial charge in [0.1, 0.15) is 0 Å². The number of thioether (sulfide) groups is 1. The van der Waals surface area contributed by atoms with Crippen molar-refractivity contribution < 1.29 is 14.3 Å². The number of hydrogen-bond acceptors (Lipinski definition) is 6. The molecular weight excluding hydrogens is 428 g/mol. The average molecular weight is 457 g/mol. The van der Waals surface area contributed by atoms with Crippen LogP contribution in [-0.4, -0.2) is 29.9 Å². The van der Waals surface area contributed by atoms with Crippen molar-refractivity contribution in [1.82, 2.24) is 10.3 Å². The number of aromatic nitrogens is 1. The number of benzene rings is 2. The van der Waals surface area contributed by atoms with Crippen LogP contribution in [0.25, 0.3) is 10.2 Å². The second-order valence-electron chi connectivity index (χ2n) is 7.95. The molecular formula is C24H28N2O3S2. The topological polar surface area (TPSA) is 60.5 Å². The minimum atomic E-state index is -0.0541. The summed E-state index contributed by atoms with van der Waals surface area (Å²) in [4.78, 5) is 17.3. The van der Waals surface area contributed by atoms with E-state index in [0.29, 0.717) is 19.6 Å². The quantitative estimate of drug-likeness (QED) is 0.341. The highest BCUT2D eigenvalue weighted by Gasteiger charge is 2.21. The van der Waals surface area contributed by atoms with Crippen LogP contribution in [0.1, 0.15) is 44.7 Å². The fourth-order valence-corrected chi connectivity index (χ4v) is 5.64. The van der Waals surface area contributed by atoms with Gasteiger partial charge in [0.15, 0.2) is 15.8 Å². The van der Waals surface area contributed by atoms with E-state index in [2.05, 4.69) is 30.2 Å². The first-order chi connectivity index (χ1) is 15.1. The third-order valence-corrected chi connectivity index (χ3v) is 7.43. The Morgan fingerprint density at radius 2 is 1.97 bits per heavy atom. The molecule has 2 aromatic carbocycles. The molecule has 0 aliphatic carbocycles. The van der Waals surface area contributed by atoms with E-state index in [1.807, 2.05) is 36.4 Å². The summed E-state index contributed by atoms with van der Waals surface area (Å²) in [7, 11) is 0. The number of amides is 1. The van der Waals surface area contributed by atoms with Crippen molar-refractivity contribution in [3.8, 4) is 11.5 Å². The third kappa shape index (κ3) is 5.71. The molecule has 1 amide bonds. The maximum Gasteiger partial charge on any atom is 0.220 e. The number of fused-ring (bicyclic) bond motifs is 2. The Labute approximate surface area is 191 Å². The van der Waals surface area contributed by atoms with Crippen molar-refractivity contribution in [3.05, 3.63) is 48.0 Å². The Morgan fingerprint density at radius 3 is 2.77 bits per heavy atom. The Balaban J connectivity index is 1.30. The van der Waals surface area contributed by atoms with Gasteiger partial charge in [0.05, 0.1) is 29.5 Å². The Kier molecular flexibility index (Phi) is 7.35. The summed E-state index contributed by atoms with van der Waals surface area (Å²) in [6, 6.07) is 14.1. The molecule has 1 aliphatic rings. The number of carbonyl (C=O) groups is 1. The molecule has 5 nitrogen and oxygen atoms in total. The first-order valence-electron chi connectivity index (χ1n) is 10.8. The molecule has 0 bridgehead atoms. The van der Waals surface area contributed by atoms with Crippen molar-refractivity contribution >= 4 is 39.2 Å². The zero-order valence-corrected chi connectivity index (χ0v) is 19.6. The minimum Gasteiger partial charge on any atom is -0.490 e. The van der Waals surface area contributed by atoms with Crippen LogP contribution in [-0.2, 0) is 4.79 Å². The Morgan fingerprint density at radius 1 is 1.16 bits per heavy atom. The summed E-state index contributed by atoms with van der Waals surface area (Å²) in [5.74, 6) is 2.77. The van der Waals surface area contributed by atoms with Crippen LogP contribution in [0.5, 0.6) is 11.5 Å². The number of para-hydroxylation sites is 1. The van der Waals surface area contributed by atoms with Crippen LogP contribution in [0.4, 0.5) is 0 Å². The van der Waals surface area contributed by atoms with Gasteiger partial charge >= 0.3 is 0 Å². The number of thiazole rings is 1. The van der Waals surface area contributed by atoms with E-state index >= 15 is 0 Å². The number of nitrogens with one attached hydrogen (secondary N) is 1. The van der Waals surface area contributed by atoms with Crippen LogP contribution in [0.3, 0.4) is 0 Å². The highest BCUT2D eigenvalue weighted by molar-refractivity contribution is 8.01. The van der Waals surface area contributed by atoms with Gasteiger partial charge in [-0.3, -0.25) is 4.79 Å². The molecule has 0 saturated heterocycles. The summed E-state index contributed by atoms with van der Waals surface area (Å²) in [5.41, 5.74) is 2.10. The van der Waals surface area contributed by atoms with Crippen LogP contribution in [0.15, 0.2) is 46.8 Å². The number of hydrogen-bond donors (Lipinski definition) is 1. The van der Waals surface area contributed by atoms with Crippen LogP contribution in [0, 0.1) is 5.92 Å². The summed E-state index contributed by atoms with van der Waals surface area (Å²) in [6.07, 6.45) is 2.20. The van der Waals surface area contributed by atoms with Crippen molar-refractivity contribution in [1.29, 1.82) is 0 Å². The minimum absolute atomic E-state index is 0.0541. The van der Waals surface area contributed by atoms with Crippen molar-refractivity contribution in [2.24, 2.45) is 5.92 Å². The fourth-order valence-electron chi connectivity index (χ4n) is 3.56. The third-order valence-electron chi connectivity index (χ3n) is 5.16. The lowest BCUT2D eigenvalue weighted by Gasteiger charge is -2.24. The molecule has 4 rings (SSSR count). The maximum atomic E-state index is 12.6. The molecule has 0 fully saturated rings. The van der Waals surface area contributed by atoms with Gasteiger partial charge < -0.3 is 14.8 Å². The first kappa shape index (κ1) is 22.0. The van der Waals surface area contributed by atoms with Gasteiger partial charge in [0.2, 0.25) is 5.91 Å². The molecule has 1 aliphatic heterocycles. The molecule has 7 heteroatoms. The van der Waals surface area contributed by atoms with Gasteiger partial charge in [0, 0.05) is 18.6 Å². The van der Waals surface area contributed by atoms with Gasteiger partial charge in [-0.2, -0.15) is 0 Å². The molecule has 1 N–H and O–H groups in total. The van der Waals surface area contributed by atoms with Gasteiger partial charge in [-0.1, -0.05) is 43.8 Å². The average Bonchev–Trinajstić information content (AvgIpc) is 3.03. The molecule has 0 unspecified atom stereocenters. The molecule has 0 saturated carbocycles. The molecule has 164 valence electrons. The van der Waals surface area contributed by atoms with Crippen LogP contribution in [0.2, 0.25) is 0 Å². The monoisotopic (exact) mass is 456 g/mol. The Hall–Kier alpha value is -2.25. The number of ether oxygens (including phenoxy) is 2. The first-order valence-corrected chi connectivity index (χ1v) is 12.6. The summed E-state index contributed by atoms with van der Waals surface area (Å²) in [6.45, 7) is 5.57. The highest BCUT2D eigenvalue weighted by atomic mass is 32.2. The van der Waals surface area contributed by atoms with E-state index in [4.69, 9.17) is 9.47 Å². The summed E-state index contributed by atoms with van der Waals surface area (Å²) < 4.78 is 13.8. The van der Waals surface area contributed by atoms with E-state index in [-0.39, 0.29) is 17.9 Å². The largest absolute Gasteiger partial charge is 0.490 e. The maximum absolute atomic E-state index is 12.6. The standard InChI is InChI=1S/C24H28N2O3S2/c1-16(2)23(17-10-11-19-20(15-17)29-13-6-12-28-19)26-22(27)9-5-14-30-24-25-18-7-3-4-8-21(18)31-24/h3-4,7-8,10-11,15-16,23H,5-6,9,12-14H2,1-2H3,(H,26,27)/t23-/m0/s1. The fraction of sp³-hybridized carbons (Fsp3) is 0.417. The Bertz CT molecular complexity index is 1000. The lowest BCUT2D eigenvalue weighted by molar-refractivity contribution is -0.122. The van der Waals surface area contributed by atoms with Gasteiger partial charge in [-0.05, 0) is 42.2 Å². The van der Waals surface area contributed by atoms with Crippen molar-refractivity contribution in [2.45, 2.75) is 43.5 Å². The molecule has 1 aromatic heterocycles. The van der Waals surface area contributed by atoms with Gasteiger partial charge in [0.25, 0.3) is 0 Å². The lowest BCUT2D eigenvalue weighted by Crippen LogP contribution is -2.31. The predicted molar refractivity (Wildman–Crippen MR) is 127 cm³/mol. The molecule has 0 radical (unpaired) electrons. The SMILES string of the molecule is CC(C)[C@H](NC(=O)CCCSc1nc2ccccc2s1)c1ccc2c(c1)OCCCO2. The summed E-state index contributed by atoms with van der Waals surface area (Å²) in [5, 5.41) is 3.22. The highest BCUT2D eigenvalue weighted by Crippen LogP contribution is 2.34. The van der Waals surface area contributed by atoms with E-state index in [0.717, 1.165) is 45.5 Å². The smallest absolute Gasteiger partial charge is 0.220 e. The molecule has 31 heavy (non-hydrogen) atoms. The molecule has 3 aromatic rings. The van der Waals surface area contributed by atoms with E-state index < -0.39 is 0 Å². The molecule has 1 atom stereocenters. The zero-order valence-electron chi connectivity index (χ0n) is 17.9. The van der Waals surface area contributed by atoms with Crippen LogP contribution < -0.4 is 14.8 Å². The molecule has 0 spiro atoms. The van der Waals surface area contributed by atoms with E-state index in [1.165, 1.54) is 4.70 Å². The van der Waals surface area contributed by atoms with Gasteiger partial charge in [-0.15, -0.1) is 11.3 Å². The second-order valence-corrected chi connectivity index (χ2v) is 10.3. The van der Waals surface area contributed by atoms with Gasteiger partial charge in [-0.25, -0.2) is 4.98 Å². The van der Waals surface area contributed by atoms with Crippen molar-refractivity contribution in [3.63, 3.8) is 0 Å². The number of rotatable bonds is 8. The molecule has 2 heterocycles. The lowest BCUT2D eigenvalue weighted by atomic mass is 9.95. The zero-order chi connectivity index (χ0) is 21.6. The number of carbonyl (C=O) groups excluding carboxylic acids is 1. The number of nitrogens with zero attached hydrogens (tertiary/aromatic N) is 1. The van der Waals surface area contributed by atoms with E-state index in [9.17, 15) is 4.79 Å².